The zero-order valence-corrected chi connectivity index (χ0v) is 12.3. The summed E-state index contributed by atoms with van der Waals surface area (Å²) in [6, 6.07) is 7.55. The Morgan fingerprint density at radius 2 is 2.00 bits per heavy atom. The summed E-state index contributed by atoms with van der Waals surface area (Å²) in [5, 5.41) is 12.1. The van der Waals surface area contributed by atoms with Gasteiger partial charge in [-0.05, 0) is 25.0 Å². The van der Waals surface area contributed by atoms with Crippen molar-refractivity contribution in [2.24, 2.45) is 0 Å². The van der Waals surface area contributed by atoms with Crippen LogP contribution in [0.15, 0.2) is 29.2 Å². The number of fused-ring (bicyclic) bond motifs is 1. The molecule has 1 amide bonds. The first-order valence-electron chi connectivity index (χ1n) is 7.05. The molecule has 1 fully saturated rings. The summed E-state index contributed by atoms with van der Waals surface area (Å²) in [7, 11) is 0. The number of para-hydroxylation sites is 1. The van der Waals surface area contributed by atoms with Gasteiger partial charge >= 0.3 is 5.97 Å². The van der Waals surface area contributed by atoms with E-state index < -0.39 is 17.6 Å². The van der Waals surface area contributed by atoms with E-state index in [0.29, 0.717) is 24.3 Å². The van der Waals surface area contributed by atoms with Gasteiger partial charge in [-0.25, -0.2) is 4.79 Å². The number of carbonyl (C=O) groups is 2. The summed E-state index contributed by atoms with van der Waals surface area (Å²) in [5.74, 6) is -0.0957. The van der Waals surface area contributed by atoms with Gasteiger partial charge in [0.05, 0.1) is 0 Å². The maximum Gasteiger partial charge on any atom is 0.329 e. The van der Waals surface area contributed by atoms with Crippen molar-refractivity contribution in [1.82, 2.24) is 5.32 Å². The van der Waals surface area contributed by atoms with Crippen molar-refractivity contribution in [3.05, 3.63) is 24.3 Å². The monoisotopic (exact) mass is 307 g/mol. The number of thioether (sulfide) groups is 1. The van der Waals surface area contributed by atoms with Gasteiger partial charge in [-0.1, -0.05) is 25.0 Å². The lowest BCUT2D eigenvalue weighted by Gasteiger charge is -2.30. The van der Waals surface area contributed by atoms with Crippen molar-refractivity contribution in [2.45, 2.75) is 42.2 Å². The number of ether oxygens (including phenoxy) is 1. The van der Waals surface area contributed by atoms with E-state index in [4.69, 9.17) is 4.74 Å². The van der Waals surface area contributed by atoms with Crippen LogP contribution in [-0.2, 0) is 9.59 Å². The molecule has 1 heterocycles. The quantitative estimate of drug-likeness (QED) is 0.894. The zero-order valence-electron chi connectivity index (χ0n) is 11.5. The molecule has 3 rings (SSSR count). The van der Waals surface area contributed by atoms with Crippen molar-refractivity contribution in [3.8, 4) is 5.75 Å². The molecule has 1 saturated carbocycles. The standard InChI is InChI=1S/C15H17NO4S/c17-13(16-15(14(18)19)7-3-4-8-15)11-9-21-12-6-2-1-5-10(12)20-11/h1-2,5-6,11H,3-4,7-9H2,(H,16,17)(H,18,19). The van der Waals surface area contributed by atoms with E-state index in [1.165, 1.54) is 0 Å². The molecule has 1 aliphatic carbocycles. The Morgan fingerprint density at radius 1 is 1.29 bits per heavy atom. The van der Waals surface area contributed by atoms with Crippen molar-refractivity contribution >= 4 is 23.6 Å². The molecule has 0 bridgehead atoms. The Morgan fingerprint density at radius 3 is 2.71 bits per heavy atom. The summed E-state index contributed by atoms with van der Waals surface area (Å²) in [5.41, 5.74) is -1.11. The van der Waals surface area contributed by atoms with E-state index in [-0.39, 0.29) is 5.91 Å². The van der Waals surface area contributed by atoms with Gasteiger partial charge in [0.1, 0.15) is 11.3 Å². The molecule has 0 spiro atoms. The largest absolute Gasteiger partial charge is 0.480 e. The van der Waals surface area contributed by atoms with E-state index in [1.807, 2.05) is 24.3 Å². The number of carboxylic acid groups (broad SMARTS) is 1. The smallest absolute Gasteiger partial charge is 0.329 e. The van der Waals surface area contributed by atoms with Gasteiger partial charge in [0.2, 0.25) is 0 Å². The number of rotatable bonds is 3. The van der Waals surface area contributed by atoms with E-state index in [2.05, 4.69) is 5.32 Å². The Labute approximate surface area is 127 Å². The molecule has 5 nitrogen and oxygen atoms in total. The molecule has 1 aliphatic heterocycles. The van der Waals surface area contributed by atoms with Crippen molar-refractivity contribution in [1.29, 1.82) is 0 Å². The average molecular weight is 307 g/mol. The first-order valence-corrected chi connectivity index (χ1v) is 8.03. The molecular formula is C15H17NO4S. The molecule has 1 unspecified atom stereocenters. The molecule has 0 radical (unpaired) electrons. The summed E-state index contributed by atoms with van der Waals surface area (Å²) in [6.07, 6.45) is 2.00. The van der Waals surface area contributed by atoms with Crippen LogP contribution < -0.4 is 10.1 Å². The highest BCUT2D eigenvalue weighted by molar-refractivity contribution is 7.99. The van der Waals surface area contributed by atoms with Gasteiger partial charge in [0, 0.05) is 10.6 Å². The minimum Gasteiger partial charge on any atom is -0.480 e. The van der Waals surface area contributed by atoms with Crippen LogP contribution in [0.1, 0.15) is 25.7 Å². The minimum atomic E-state index is -1.11. The van der Waals surface area contributed by atoms with Gasteiger partial charge in [-0.2, -0.15) is 0 Å². The van der Waals surface area contributed by atoms with E-state index in [1.54, 1.807) is 11.8 Å². The van der Waals surface area contributed by atoms with Crippen LogP contribution in [0.5, 0.6) is 5.75 Å². The summed E-state index contributed by atoms with van der Waals surface area (Å²) >= 11 is 1.56. The number of amides is 1. The fourth-order valence-electron chi connectivity index (χ4n) is 2.84. The molecule has 1 aromatic carbocycles. The molecule has 2 N–H and O–H groups in total. The summed E-state index contributed by atoms with van der Waals surface area (Å²) in [6.45, 7) is 0. The molecule has 1 atom stereocenters. The highest BCUT2D eigenvalue weighted by atomic mass is 32.2. The van der Waals surface area contributed by atoms with Gasteiger partial charge in [-0.3, -0.25) is 4.79 Å². The molecule has 21 heavy (non-hydrogen) atoms. The molecule has 6 heteroatoms. The second kappa shape index (κ2) is 5.60. The SMILES string of the molecule is O=C(NC1(C(=O)O)CCCC1)C1CSc2ccccc2O1. The highest BCUT2D eigenvalue weighted by Gasteiger charge is 2.44. The van der Waals surface area contributed by atoms with Crippen LogP contribution in [0.4, 0.5) is 0 Å². The van der Waals surface area contributed by atoms with Crippen molar-refractivity contribution in [3.63, 3.8) is 0 Å². The number of nitrogens with one attached hydrogen (secondary N) is 1. The van der Waals surface area contributed by atoms with Gasteiger partial charge in [0.25, 0.3) is 5.91 Å². The normalized spacial score (nSPS) is 23.0. The van der Waals surface area contributed by atoms with E-state index in [9.17, 15) is 14.7 Å². The Kier molecular flexibility index (Phi) is 3.80. The predicted molar refractivity (Wildman–Crippen MR) is 78.6 cm³/mol. The minimum absolute atomic E-state index is 0.332. The third-order valence-electron chi connectivity index (χ3n) is 4.03. The number of hydrogen-bond acceptors (Lipinski definition) is 4. The Bertz CT molecular complexity index is 569. The maximum absolute atomic E-state index is 12.4. The molecular weight excluding hydrogens is 290 g/mol. The summed E-state index contributed by atoms with van der Waals surface area (Å²) < 4.78 is 5.70. The zero-order chi connectivity index (χ0) is 14.9. The Balaban J connectivity index is 1.71. The van der Waals surface area contributed by atoms with Crippen LogP contribution in [-0.4, -0.2) is 34.4 Å². The first kappa shape index (κ1) is 14.3. The maximum atomic E-state index is 12.4. The van der Waals surface area contributed by atoms with Gasteiger partial charge in [-0.15, -0.1) is 11.8 Å². The predicted octanol–water partition coefficient (Wildman–Crippen LogP) is 2.05. The third-order valence-corrected chi connectivity index (χ3v) is 5.15. The van der Waals surface area contributed by atoms with Crippen LogP contribution in [0, 0.1) is 0 Å². The number of hydrogen-bond donors (Lipinski definition) is 2. The average Bonchev–Trinajstić information content (AvgIpc) is 2.96. The lowest BCUT2D eigenvalue weighted by atomic mass is 9.97. The number of carbonyl (C=O) groups excluding carboxylic acids is 1. The van der Waals surface area contributed by atoms with Gasteiger partial charge < -0.3 is 15.2 Å². The van der Waals surface area contributed by atoms with Crippen molar-refractivity contribution in [2.75, 3.05) is 5.75 Å². The topological polar surface area (TPSA) is 75.6 Å². The van der Waals surface area contributed by atoms with Crippen LogP contribution in [0.25, 0.3) is 0 Å². The van der Waals surface area contributed by atoms with Crippen LogP contribution in [0.2, 0.25) is 0 Å². The molecule has 0 aromatic heterocycles. The fourth-order valence-corrected chi connectivity index (χ4v) is 3.82. The highest BCUT2D eigenvalue weighted by Crippen LogP contribution is 2.36. The number of benzene rings is 1. The molecule has 1 aromatic rings. The van der Waals surface area contributed by atoms with Crippen LogP contribution in [0.3, 0.4) is 0 Å². The molecule has 0 saturated heterocycles. The number of carboxylic acids is 1. The van der Waals surface area contributed by atoms with Crippen LogP contribution >= 0.6 is 11.8 Å². The summed E-state index contributed by atoms with van der Waals surface area (Å²) in [4.78, 5) is 24.8. The van der Waals surface area contributed by atoms with Crippen molar-refractivity contribution < 1.29 is 19.4 Å². The van der Waals surface area contributed by atoms with E-state index >= 15 is 0 Å². The molecule has 112 valence electrons. The lowest BCUT2D eigenvalue weighted by Crippen LogP contribution is -2.56. The second-order valence-corrected chi connectivity index (χ2v) is 6.51. The first-order chi connectivity index (χ1) is 10.1. The number of aliphatic carboxylic acids is 1. The lowest BCUT2D eigenvalue weighted by molar-refractivity contribution is -0.148. The molecule has 2 aliphatic rings. The fraction of sp³-hybridized carbons (Fsp3) is 0.467. The third kappa shape index (κ3) is 2.72. The van der Waals surface area contributed by atoms with E-state index in [0.717, 1.165) is 17.7 Å². The second-order valence-electron chi connectivity index (χ2n) is 5.45. The Hall–Kier alpha value is -1.69. The van der Waals surface area contributed by atoms with Gasteiger partial charge in [0.15, 0.2) is 6.10 Å².